The number of furan rings is 1. The molecule has 0 aliphatic carbocycles. The van der Waals surface area contributed by atoms with Crippen LogP contribution < -0.4 is 5.32 Å². The van der Waals surface area contributed by atoms with Gasteiger partial charge in [0.15, 0.2) is 5.58 Å². The standard InChI is InChI=1S/C23H24N2O7/c1-12(2)31-22(27)14-8-7-11-17(25(29)30)18(14)21(26)24-16-10-6-9-15-19(23(4,5)28)13(3)32-20(15)16/h6-12,28H,1-5H3,(H,24,26). The number of nitrogens with one attached hydrogen (secondary N) is 1. The summed E-state index contributed by atoms with van der Waals surface area (Å²) in [4.78, 5) is 36.5. The molecule has 2 N–H and O–H groups in total. The highest BCUT2D eigenvalue weighted by atomic mass is 16.6. The first-order valence-electron chi connectivity index (χ1n) is 9.96. The van der Waals surface area contributed by atoms with E-state index in [1.165, 1.54) is 12.1 Å². The number of esters is 1. The van der Waals surface area contributed by atoms with E-state index in [1.807, 2.05) is 0 Å². The van der Waals surface area contributed by atoms with Crippen molar-refractivity contribution in [2.45, 2.75) is 46.3 Å². The molecule has 32 heavy (non-hydrogen) atoms. The third-order valence-electron chi connectivity index (χ3n) is 4.78. The molecule has 0 bridgehead atoms. The Morgan fingerprint density at radius 3 is 2.44 bits per heavy atom. The first-order chi connectivity index (χ1) is 14.9. The highest BCUT2D eigenvalue weighted by molar-refractivity contribution is 6.15. The summed E-state index contributed by atoms with van der Waals surface area (Å²) in [6.07, 6.45) is -0.474. The lowest BCUT2D eigenvalue weighted by atomic mass is 9.95. The minimum atomic E-state index is -1.19. The lowest BCUT2D eigenvalue weighted by molar-refractivity contribution is -0.385. The molecule has 1 aromatic heterocycles. The van der Waals surface area contributed by atoms with Crippen LogP contribution in [0.15, 0.2) is 40.8 Å². The van der Waals surface area contributed by atoms with E-state index >= 15 is 0 Å². The van der Waals surface area contributed by atoms with E-state index in [9.17, 15) is 24.8 Å². The maximum atomic E-state index is 13.2. The van der Waals surface area contributed by atoms with Gasteiger partial charge in [0, 0.05) is 17.0 Å². The summed E-state index contributed by atoms with van der Waals surface area (Å²) in [5.41, 5.74) is -1.23. The summed E-state index contributed by atoms with van der Waals surface area (Å²) in [6.45, 7) is 8.20. The zero-order chi connectivity index (χ0) is 23.8. The number of nitrogens with zero attached hydrogens (tertiary/aromatic N) is 1. The fourth-order valence-corrected chi connectivity index (χ4v) is 3.66. The van der Waals surface area contributed by atoms with Gasteiger partial charge in [-0.25, -0.2) is 4.79 Å². The maximum Gasteiger partial charge on any atom is 0.339 e. The molecule has 0 aliphatic heterocycles. The molecule has 0 aliphatic rings. The van der Waals surface area contributed by atoms with Gasteiger partial charge >= 0.3 is 5.97 Å². The normalized spacial score (nSPS) is 11.6. The van der Waals surface area contributed by atoms with Gasteiger partial charge in [-0.15, -0.1) is 0 Å². The first-order valence-corrected chi connectivity index (χ1v) is 9.96. The second-order valence-corrected chi connectivity index (χ2v) is 8.14. The number of rotatable bonds is 6. The van der Waals surface area contributed by atoms with Crippen LogP contribution in [-0.2, 0) is 10.3 Å². The van der Waals surface area contributed by atoms with E-state index in [0.717, 1.165) is 6.07 Å². The number of hydrogen-bond donors (Lipinski definition) is 2. The van der Waals surface area contributed by atoms with Gasteiger partial charge in [-0.1, -0.05) is 18.2 Å². The van der Waals surface area contributed by atoms with E-state index in [-0.39, 0.29) is 11.3 Å². The van der Waals surface area contributed by atoms with E-state index in [2.05, 4.69) is 5.32 Å². The third kappa shape index (κ3) is 4.33. The van der Waals surface area contributed by atoms with Gasteiger partial charge in [0.1, 0.15) is 11.3 Å². The topological polar surface area (TPSA) is 132 Å². The molecule has 1 heterocycles. The van der Waals surface area contributed by atoms with Crippen LogP contribution in [0.4, 0.5) is 11.4 Å². The molecule has 3 aromatic rings. The molecule has 3 rings (SSSR count). The minimum Gasteiger partial charge on any atom is -0.459 e. The summed E-state index contributed by atoms with van der Waals surface area (Å²) in [7, 11) is 0. The van der Waals surface area contributed by atoms with Crippen molar-refractivity contribution in [2.24, 2.45) is 0 Å². The van der Waals surface area contributed by atoms with Gasteiger partial charge in [0.2, 0.25) is 0 Å². The number of carbonyl (C=O) groups is 2. The summed E-state index contributed by atoms with van der Waals surface area (Å²) in [6, 6.07) is 8.73. The lowest BCUT2D eigenvalue weighted by Gasteiger charge is -2.17. The fourth-order valence-electron chi connectivity index (χ4n) is 3.66. The molecule has 1 amide bonds. The van der Waals surface area contributed by atoms with Crippen molar-refractivity contribution in [1.82, 2.24) is 0 Å². The Morgan fingerprint density at radius 2 is 1.84 bits per heavy atom. The molecule has 0 saturated heterocycles. The number of carbonyl (C=O) groups excluding carboxylic acids is 2. The van der Waals surface area contributed by atoms with Crippen LogP contribution in [0, 0.1) is 17.0 Å². The van der Waals surface area contributed by atoms with Gasteiger partial charge in [0.05, 0.1) is 27.9 Å². The van der Waals surface area contributed by atoms with E-state index in [4.69, 9.17) is 9.15 Å². The van der Waals surface area contributed by atoms with E-state index in [0.29, 0.717) is 22.3 Å². The van der Waals surface area contributed by atoms with Crippen molar-refractivity contribution in [2.75, 3.05) is 5.32 Å². The van der Waals surface area contributed by atoms with E-state index in [1.54, 1.807) is 52.8 Å². The molecule has 0 saturated carbocycles. The Morgan fingerprint density at radius 1 is 1.19 bits per heavy atom. The van der Waals surface area contributed by atoms with E-state index < -0.39 is 39.8 Å². The van der Waals surface area contributed by atoms with Gasteiger partial charge in [-0.05, 0) is 46.8 Å². The largest absolute Gasteiger partial charge is 0.459 e. The molecule has 168 valence electrons. The Balaban J connectivity index is 2.11. The van der Waals surface area contributed by atoms with Crippen LogP contribution in [0.2, 0.25) is 0 Å². The molecule has 0 unspecified atom stereocenters. The number of benzene rings is 2. The molecule has 0 spiro atoms. The van der Waals surface area contributed by atoms with Gasteiger partial charge in [0.25, 0.3) is 11.6 Å². The average Bonchev–Trinajstić information content (AvgIpc) is 3.03. The monoisotopic (exact) mass is 440 g/mol. The van der Waals surface area contributed by atoms with Crippen molar-refractivity contribution in [3.8, 4) is 0 Å². The molecule has 2 aromatic carbocycles. The molecule has 9 heteroatoms. The summed E-state index contributed by atoms with van der Waals surface area (Å²) < 4.78 is 11.0. The zero-order valence-corrected chi connectivity index (χ0v) is 18.4. The number of nitro groups is 1. The van der Waals surface area contributed by atoms with Crippen molar-refractivity contribution < 1.29 is 28.8 Å². The lowest BCUT2D eigenvalue weighted by Crippen LogP contribution is -2.21. The second kappa shape index (κ2) is 8.43. The third-order valence-corrected chi connectivity index (χ3v) is 4.78. The van der Waals surface area contributed by atoms with Crippen molar-refractivity contribution >= 4 is 34.2 Å². The van der Waals surface area contributed by atoms with Gasteiger partial charge in [-0.2, -0.15) is 0 Å². The minimum absolute atomic E-state index is 0.217. The Bertz CT molecular complexity index is 1220. The van der Waals surface area contributed by atoms with Crippen LogP contribution >= 0.6 is 0 Å². The van der Waals surface area contributed by atoms with Gasteiger partial charge < -0.3 is 19.6 Å². The second-order valence-electron chi connectivity index (χ2n) is 8.14. The number of nitro benzene ring substituents is 1. The number of amides is 1. The Labute approximate surface area is 184 Å². The number of fused-ring (bicyclic) bond motifs is 1. The molecular weight excluding hydrogens is 416 g/mol. The number of para-hydroxylation sites is 1. The quantitative estimate of drug-likeness (QED) is 0.323. The first kappa shape index (κ1) is 23.0. The van der Waals surface area contributed by atoms with Crippen LogP contribution in [0.5, 0.6) is 0 Å². The SMILES string of the molecule is Cc1oc2c(NC(=O)c3c(C(=O)OC(C)C)cccc3[N+](=O)[O-])cccc2c1C(C)(C)O. The predicted octanol–water partition coefficient (Wildman–Crippen LogP) is 4.69. The van der Waals surface area contributed by atoms with Crippen molar-refractivity contribution in [3.63, 3.8) is 0 Å². The van der Waals surface area contributed by atoms with Crippen LogP contribution in [-0.4, -0.2) is 28.0 Å². The summed E-state index contributed by atoms with van der Waals surface area (Å²) in [5, 5.41) is 25.3. The molecule has 0 atom stereocenters. The number of hydrogen-bond acceptors (Lipinski definition) is 7. The number of aliphatic hydroxyl groups is 1. The van der Waals surface area contributed by atoms with Crippen molar-refractivity contribution in [1.29, 1.82) is 0 Å². The maximum absolute atomic E-state index is 13.2. The molecule has 0 fully saturated rings. The predicted molar refractivity (Wildman–Crippen MR) is 118 cm³/mol. The van der Waals surface area contributed by atoms with Crippen molar-refractivity contribution in [3.05, 3.63) is 69.0 Å². The fraction of sp³-hybridized carbons (Fsp3) is 0.304. The van der Waals surface area contributed by atoms with Gasteiger partial charge in [-0.3, -0.25) is 14.9 Å². The van der Waals surface area contributed by atoms with Crippen LogP contribution in [0.3, 0.4) is 0 Å². The number of anilines is 1. The zero-order valence-electron chi connectivity index (χ0n) is 18.4. The number of aryl methyl sites for hydroxylation is 1. The highest BCUT2D eigenvalue weighted by Crippen LogP contribution is 2.37. The molecule has 0 radical (unpaired) electrons. The van der Waals surface area contributed by atoms with Crippen LogP contribution in [0.25, 0.3) is 11.0 Å². The Hall–Kier alpha value is -3.72. The molecular formula is C23H24N2O7. The Kier molecular flexibility index (Phi) is 6.05. The average molecular weight is 440 g/mol. The smallest absolute Gasteiger partial charge is 0.339 e. The molecule has 9 nitrogen and oxygen atoms in total. The van der Waals surface area contributed by atoms with Crippen LogP contribution in [0.1, 0.15) is 59.7 Å². The summed E-state index contributed by atoms with van der Waals surface area (Å²) in [5.74, 6) is -1.23. The highest BCUT2D eigenvalue weighted by Gasteiger charge is 2.30. The summed E-state index contributed by atoms with van der Waals surface area (Å²) >= 11 is 0. The number of ether oxygens (including phenoxy) is 1.